The van der Waals surface area contributed by atoms with Crippen molar-refractivity contribution in [3.63, 3.8) is 0 Å². The minimum Gasteiger partial charge on any atom is -0.293 e. The molecule has 0 amide bonds. The van der Waals surface area contributed by atoms with E-state index in [9.17, 15) is 17.4 Å². The Morgan fingerprint density at radius 3 is 2.43 bits per heavy atom. The van der Waals surface area contributed by atoms with E-state index in [1.54, 1.807) is 0 Å². The number of nitrogens with one attached hydrogen (secondary N) is 1. The second-order valence-electron chi connectivity index (χ2n) is 1.76. The highest BCUT2D eigenvalue weighted by Crippen LogP contribution is 2.58. The van der Waals surface area contributed by atoms with Gasteiger partial charge in [-0.1, -0.05) is 0 Å². The Morgan fingerprint density at radius 1 is 1.50 bits per heavy atom. The van der Waals surface area contributed by atoms with Gasteiger partial charge in [-0.15, -0.1) is 0 Å². The fraction of sp³-hybridized carbons (Fsp3) is 1.00. The molecule has 0 aliphatic heterocycles. The Morgan fingerprint density at radius 2 is 2.07 bits per heavy atom. The standard InChI is InChI=1S/C2H5F4N4OP3/c3-2(4,5)1-11-14(6,9-12-7)10-13-8/h7H,1H2,(H2,8,10). The van der Waals surface area contributed by atoms with Crippen LogP contribution in [0.25, 0.3) is 0 Å². The normalized spacial score (nSPS) is 17.2. The molecule has 14 heavy (non-hydrogen) atoms. The maximum absolute atomic E-state index is 13.2. The third kappa shape index (κ3) is 6.51. The van der Waals surface area contributed by atoms with E-state index in [4.69, 9.17) is 10.7 Å². The average molecular weight is 270 g/mol. The van der Waals surface area contributed by atoms with Crippen LogP contribution in [0.15, 0.2) is 9.03 Å². The third-order valence-electron chi connectivity index (χ3n) is 0.709. The SMILES string of the molecule is N=PN=P(F)(N=PN)OCC(F)(F)F. The first kappa shape index (κ1) is 14.1. The van der Waals surface area contributed by atoms with Crippen LogP contribution < -0.4 is 5.50 Å². The first-order valence-corrected chi connectivity index (χ1v) is 6.11. The maximum atomic E-state index is 13.2. The monoisotopic (exact) mass is 270 g/mol. The van der Waals surface area contributed by atoms with Crippen molar-refractivity contribution < 1.29 is 21.9 Å². The summed E-state index contributed by atoms with van der Waals surface area (Å²) >= 11 is 0. The Kier molecular flexibility index (Phi) is 5.86. The van der Waals surface area contributed by atoms with Crippen molar-refractivity contribution in [2.75, 3.05) is 6.61 Å². The van der Waals surface area contributed by atoms with Crippen LogP contribution in [0.3, 0.4) is 0 Å². The van der Waals surface area contributed by atoms with Gasteiger partial charge in [0.25, 0.3) is 0 Å². The van der Waals surface area contributed by atoms with Crippen LogP contribution in [0.4, 0.5) is 17.4 Å². The van der Waals surface area contributed by atoms with Crippen LogP contribution >= 0.6 is 24.8 Å². The molecule has 3 N–H and O–H groups in total. The zero-order valence-electron chi connectivity index (χ0n) is 6.44. The van der Waals surface area contributed by atoms with Crippen molar-refractivity contribution in [3.05, 3.63) is 0 Å². The number of nitrogens with two attached hydrogens (primary N) is 1. The van der Waals surface area contributed by atoms with Crippen molar-refractivity contribution in [3.8, 4) is 0 Å². The van der Waals surface area contributed by atoms with E-state index < -0.39 is 29.0 Å². The van der Waals surface area contributed by atoms with Gasteiger partial charge in [-0.3, -0.25) is 15.2 Å². The number of nitrogens with zero attached hydrogens (tertiary/aromatic N) is 2. The summed E-state index contributed by atoms with van der Waals surface area (Å²) in [6.07, 6.45) is -4.66. The molecule has 0 fully saturated rings. The Hall–Kier alpha value is 0.0700. The molecular weight excluding hydrogens is 265 g/mol. The molecule has 0 spiro atoms. The quantitative estimate of drug-likeness (QED) is 0.595. The summed E-state index contributed by atoms with van der Waals surface area (Å²) in [7, 11) is -5.23. The minimum atomic E-state index is -4.66. The van der Waals surface area contributed by atoms with E-state index in [0.29, 0.717) is 0 Å². The lowest BCUT2D eigenvalue weighted by Crippen LogP contribution is -2.14. The van der Waals surface area contributed by atoms with Gasteiger partial charge in [0.1, 0.15) is 0 Å². The maximum Gasteiger partial charge on any atom is 0.412 e. The lowest BCUT2D eigenvalue weighted by atomic mass is 10.7. The van der Waals surface area contributed by atoms with Gasteiger partial charge < -0.3 is 0 Å². The molecule has 0 bridgehead atoms. The zero-order valence-corrected chi connectivity index (χ0v) is 9.12. The highest BCUT2D eigenvalue weighted by atomic mass is 31.2. The predicted molar refractivity (Wildman–Crippen MR) is 45.6 cm³/mol. The molecule has 12 heteroatoms. The summed E-state index contributed by atoms with van der Waals surface area (Å²) in [4.78, 5) is 0. The molecule has 0 radical (unpaired) electrons. The minimum absolute atomic E-state index is 0.319. The van der Waals surface area contributed by atoms with Crippen molar-refractivity contribution in [2.24, 2.45) is 14.5 Å². The molecular formula is C2H5F4N4OP3. The molecule has 5 nitrogen and oxygen atoms in total. The number of hydrogen-bond donors (Lipinski definition) is 2. The lowest BCUT2D eigenvalue weighted by Gasteiger charge is -2.10. The predicted octanol–water partition coefficient (Wildman–Crippen LogP) is 4.11. The molecule has 0 aromatic carbocycles. The molecule has 0 saturated heterocycles. The van der Waals surface area contributed by atoms with Crippen LogP contribution in [0.5, 0.6) is 0 Å². The Labute approximate surface area is 80.0 Å². The van der Waals surface area contributed by atoms with Gasteiger partial charge in [0.2, 0.25) is 0 Å². The molecule has 0 heterocycles. The summed E-state index contributed by atoms with van der Waals surface area (Å²) < 4.78 is 57.7. The molecule has 0 aliphatic rings. The first-order chi connectivity index (χ1) is 6.33. The van der Waals surface area contributed by atoms with Crippen molar-refractivity contribution in [2.45, 2.75) is 6.18 Å². The lowest BCUT2D eigenvalue weighted by molar-refractivity contribution is -0.153. The first-order valence-electron chi connectivity index (χ1n) is 2.84. The van der Waals surface area contributed by atoms with Crippen LogP contribution in [0.2, 0.25) is 0 Å². The Balaban J connectivity index is 4.56. The van der Waals surface area contributed by atoms with Gasteiger partial charge in [-0.2, -0.15) is 26.4 Å². The van der Waals surface area contributed by atoms with Gasteiger partial charge in [0, 0.05) is 0 Å². The largest absolute Gasteiger partial charge is 0.412 e. The number of halogens is 4. The molecule has 1 unspecified atom stereocenters. The third-order valence-corrected chi connectivity index (χ3v) is 3.70. The smallest absolute Gasteiger partial charge is 0.293 e. The van der Waals surface area contributed by atoms with Gasteiger partial charge in [0.15, 0.2) is 15.1 Å². The average Bonchev–Trinajstić information content (AvgIpc) is 2.01. The second-order valence-corrected chi connectivity index (χ2v) is 4.82. The van der Waals surface area contributed by atoms with Crippen LogP contribution in [0, 0.1) is 5.16 Å². The van der Waals surface area contributed by atoms with Crippen molar-refractivity contribution in [1.29, 1.82) is 5.16 Å². The van der Waals surface area contributed by atoms with E-state index in [1.807, 2.05) is 0 Å². The number of alkyl halides is 3. The van der Waals surface area contributed by atoms with Crippen LogP contribution in [0.1, 0.15) is 0 Å². The van der Waals surface area contributed by atoms with Gasteiger partial charge >= 0.3 is 13.9 Å². The van der Waals surface area contributed by atoms with Crippen LogP contribution in [-0.4, -0.2) is 12.8 Å². The van der Waals surface area contributed by atoms with E-state index in [-0.39, 0.29) is 8.52 Å². The second kappa shape index (κ2) is 5.83. The fourth-order valence-electron chi connectivity index (χ4n) is 0.344. The number of hydrogen-bond acceptors (Lipinski definition) is 2. The summed E-state index contributed by atoms with van der Waals surface area (Å²) in [6, 6.07) is 0. The van der Waals surface area contributed by atoms with E-state index in [2.05, 4.69) is 13.6 Å². The molecule has 0 aromatic heterocycles. The molecule has 0 rings (SSSR count). The fourth-order valence-corrected chi connectivity index (χ4v) is 2.48. The van der Waals surface area contributed by atoms with Crippen LogP contribution in [-0.2, 0) is 4.52 Å². The van der Waals surface area contributed by atoms with Crippen molar-refractivity contribution >= 4 is 24.8 Å². The molecule has 0 aromatic rings. The molecule has 82 valence electrons. The topological polar surface area (TPSA) is 83.8 Å². The Bertz CT molecular complexity index is 276. The summed E-state index contributed by atoms with van der Waals surface area (Å²) in [5.41, 5.74) is 4.79. The number of rotatable bonds is 4. The zero-order chi connectivity index (χ0) is 11.2. The molecule has 0 saturated carbocycles. The summed E-state index contributed by atoms with van der Waals surface area (Å²) in [5, 5.41) is 6.50. The molecule has 0 aliphatic carbocycles. The van der Waals surface area contributed by atoms with E-state index >= 15 is 0 Å². The van der Waals surface area contributed by atoms with Gasteiger partial charge in [-0.25, -0.2) is 0 Å². The molecule has 1 atom stereocenters. The van der Waals surface area contributed by atoms with Crippen molar-refractivity contribution in [1.82, 2.24) is 0 Å². The van der Waals surface area contributed by atoms with Gasteiger partial charge in [-0.05, 0) is 0 Å². The van der Waals surface area contributed by atoms with E-state index in [1.165, 1.54) is 0 Å². The summed E-state index contributed by atoms with van der Waals surface area (Å²) in [6.45, 7) is -1.80. The van der Waals surface area contributed by atoms with Gasteiger partial charge in [0.05, 0.1) is 8.52 Å². The highest BCUT2D eigenvalue weighted by Gasteiger charge is 2.32. The summed E-state index contributed by atoms with van der Waals surface area (Å²) in [5.74, 6) is 0. The van der Waals surface area contributed by atoms with E-state index in [0.717, 1.165) is 0 Å². The highest BCUT2D eigenvalue weighted by molar-refractivity contribution is 7.61.